The monoisotopic (exact) mass is 497 g/mol. The summed E-state index contributed by atoms with van der Waals surface area (Å²) >= 11 is 0. The van der Waals surface area contributed by atoms with Crippen LogP contribution in [0.2, 0.25) is 0 Å². The van der Waals surface area contributed by atoms with Crippen LogP contribution in [0.15, 0.2) is 72.9 Å². The predicted octanol–water partition coefficient (Wildman–Crippen LogP) is 5.66. The van der Waals surface area contributed by atoms with Gasteiger partial charge in [-0.15, -0.1) is 0 Å². The second-order valence-corrected chi connectivity index (χ2v) is 6.46. The summed E-state index contributed by atoms with van der Waals surface area (Å²) in [6, 6.07) is 0. The van der Waals surface area contributed by atoms with Gasteiger partial charge in [0.05, 0.1) is 0 Å². The SMILES string of the molecule is [CH]1[CH][C]2C=CC=C[C]2[CH]1.[CH]1[CH][C]2C=CC=C[C]2[CH]1.[CH]1[CH][C]2C=CC=C[C]2[CH]1.[Sm]. The smallest absolute Gasteiger partial charge is 0.0124 e. The Hall–Kier alpha value is -0.222. The van der Waals surface area contributed by atoms with Crippen molar-refractivity contribution in [3.05, 3.63) is 166 Å². The fraction of sp³-hybridized carbons (Fsp3) is 0. The molecule has 1 heteroatoms. The van der Waals surface area contributed by atoms with Crippen molar-refractivity contribution in [2.45, 2.75) is 0 Å². The molecule has 28 heavy (non-hydrogen) atoms. The third-order valence-electron chi connectivity index (χ3n) is 4.64. The second kappa shape index (κ2) is 11.8. The fourth-order valence-corrected chi connectivity index (χ4v) is 3.21. The first-order valence-corrected chi connectivity index (χ1v) is 9.21. The summed E-state index contributed by atoms with van der Waals surface area (Å²) in [6.07, 6.45) is 44.0. The van der Waals surface area contributed by atoms with E-state index in [1.165, 1.54) is 35.5 Å². The topological polar surface area (TPSA) is 0 Å². The molecule has 0 bridgehead atoms. The molecule has 0 saturated heterocycles. The summed E-state index contributed by atoms with van der Waals surface area (Å²) in [5.41, 5.74) is 0. The average Bonchev–Trinajstić information content (AvgIpc) is 3.48. The van der Waals surface area contributed by atoms with Crippen molar-refractivity contribution in [1.82, 2.24) is 0 Å². The Bertz CT molecular complexity index is 503. The molecule has 0 aliphatic heterocycles. The van der Waals surface area contributed by atoms with Crippen LogP contribution in [0.25, 0.3) is 0 Å². The Morgan fingerprint density at radius 3 is 0.643 bits per heavy atom. The van der Waals surface area contributed by atoms with E-state index < -0.39 is 0 Å². The zero-order chi connectivity index (χ0) is 18.3. The van der Waals surface area contributed by atoms with Gasteiger partial charge in [-0.3, -0.25) is 0 Å². The van der Waals surface area contributed by atoms with Crippen LogP contribution < -0.4 is 0 Å². The van der Waals surface area contributed by atoms with Crippen molar-refractivity contribution in [2.24, 2.45) is 0 Å². The Morgan fingerprint density at radius 2 is 0.464 bits per heavy atom. The summed E-state index contributed by atoms with van der Waals surface area (Å²) in [5.74, 6) is 7.99. The molecule has 3 fully saturated rings. The number of allylic oxidation sites excluding steroid dienone is 12. The van der Waals surface area contributed by atoms with E-state index in [2.05, 4.69) is 131 Å². The van der Waals surface area contributed by atoms with E-state index in [1.54, 1.807) is 0 Å². The second-order valence-electron chi connectivity index (χ2n) is 6.46. The molecule has 3 saturated carbocycles. The van der Waals surface area contributed by atoms with Crippen LogP contribution >= 0.6 is 0 Å². The van der Waals surface area contributed by atoms with Crippen LogP contribution in [-0.4, -0.2) is 0 Å². The molecule has 6 rings (SSSR count). The van der Waals surface area contributed by atoms with E-state index in [4.69, 9.17) is 0 Å². The molecule has 0 aromatic carbocycles. The van der Waals surface area contributed by atoms with E-state index in [1.807, 2.05) is 0 Å². The molecule has 0 heterocycles. The van der Waals surface area contributed by atoms with E-state index in [0.29, 0.717) is 0 Å². The van der Waals surface area contributed by atoms with Crippen LogP contribution in [0.1, 0.15) is 0 Å². The minimum absolute atomic E-state index is 0. The number of fused-ring (bicyclic) bond motifs is 3. The van der Waals surface area contributed by atoms with E-state index in [9.17, 15) is 0 Å². The summed E-state index contributed by atoms with van der Waals surface area (Å²) in [6.45, 7) is 0. The number of hydrogen-bond acceptors (Lipinski definition) is 0. The third kappa shape index (κ3) is 6.14. The van der Waals surface area contributed by atoms with Crippen molar-refractivity contribution in [1.29, 1.82) is 0 Å². The molecule has 0 nitrogen and oxygen atoms in total. The third-order valence-corrected chi connectivity index (χ3v) is 4.64. The average molecular weight is 496 g/mol. The first-order chi connectivity index (χ1) is 13.4. The number of hydrogen-bond donors (Lipinski definition) is 0. The molecule has 0 spiro atoms. The molecule has 0 N–H and O–H groups in total. The van der Waals surface area contributed by atoms with E-state index >= 15 is 0 Å². The summed E-state index contributed by atoms with van der Waals surface area (Å²) < 4.78 is 0. The molecular formula is C27H21Sm. The maximum atomic E-state index is 2.12. The van der Waals surface area contributed by atoms with Crippen LogP contribution in [0.4, 0.5) is 0 Å². The van der Waals surface area contributed by atoms with Crippen LogP contribution in [-0.2, 0) is 0 Å². The molecule has 0 unspecified atom stereocenters. The molecule has 0 aromatic rings. The minimum Gasteiger partial charge on any atom is -0.0762 e. The van der Waals surface area contributed by atoms with Gasteiger partial charge < -0.3 is 0 Å². The van der Waals surface area contributed by atoms with Gasteiger partial charge in [-0.25, -0.2) is 0 Å². The molecular weight excluding hydrogens is 475 g/mol. The van der Waals surface area contributed by atoms with Crippen molar-refractivity contribution >= 4 is 0 Å². The maximum absolute atomic E-state index is 2.12. The fourth-order valence-electron chi connectivity index (χ4n) is 3.21. The van der Waals surface area contributed by atoms with Gasteiger partial charge in [0.2, 0.25) is 0 Å². The zero-order valence-corrected chi connectivity index (χ0v) is 18.2. The van der Waals surface area contributed by atoms with Gasteiger partial charge in [0.25, 0.3) is 0 Å². The standard InChI is InChI=1S/3C9H7.Sm/c3*1-2-5-9-7-3-6-8(9)4-1;/h3*1-7H;. The molecule has 0 amide bonds. The van der Waals surface area contributed by atoms with Gasteiger partial charge in [-0.2, -0.15) is 0 Å². The van der Waals surface area contributed by atoms with Crippen molar-refractivity contribution in [2.75, 3.05) is 0 Å². The summed E-state index contributed by atoms with van der Waals surface area (Å²) in [7, 11) is 0. The van der Waals surface area contributed by atoms with E-state index in [-0.39, 0.29) is 40.4 Å². The number of rotatable bonds is 0. The predicted molar refractivity (Wildman–Crippen MR) is 113 cm³/mol. The molecule has 0 atom stereocenters. The van der Waals surface area contributed by atoms with Crippen molar-refractivity contribution in [3.63, 3.8) is 0 Å². The molecule has 6 aliphatic rings. The van der Waals surface area contributed by atoms with E-state index in [0.717, 1.165) is 0 Å². The van der Waals surface area contributed by atoms with Gasteiger partial charge >= 0.3 is 0 Å². The zero-order valence-electron chi connectivity index (χ0n) is 15.5. The normalized spacial score (nSPS) is 26.1. The summed E-state index contributed by atoms with van der Waals surface area (Å²) in [5, 5.41) is 0. The Kier molecular flexibility index (Phi) is 9.49. The quantitative estimate of drug-likeness (QED) is 0.407. The van der Waals surface area contributed by atoms with Crippen LogP contribution in [0.5, 0.6) is 0 Å². The first kappa shape index (κ1) is 22.5. The van der Waals surface area contributed by atoms with Gasteiger partial charge in [0, 0.05) is 75.9 Å². The Morgan fingerprint density at radius 1 is 0.286 bits per heavy atom. The molecule has 135 valence electrons. The maximum Gasteiger partial charge on any atom is 0.0124 e. The van der Waals surface area contributed by atoms with Gasteiger partial charge in [0.15, 0.2) is 0 Å². The molecule has 0 aromatic heterocycles. The van der Waals surface area contributed by atoms with Crippen LogP contribution in [0.3, 0.4) is 0 Å². The van der Waals surface area contributed by atoms with Crippen LogP contribution in [0, 0.1) is 134 Å². The van der Waals surface area contributed by atoms with Gasteiger partial charge in [0.1, 0.15) is 0 Å². The minimum atomic E-state index is 0. The van der Waals surface area contributed by atoms with Crippen molar-refractivity contribution in [3.8, 4) is 0 Å². The largest absolute Gasteiger partial charge is 0.0762 e. The summed E-state index contributed by atoms with van der Waals surface area (Å²) in [4.78, 5) is 0. The Balaban J connectivity index is 0.000000118. The van der Waals surface area contributed by atoms with Gasteiger partial charge in [-0.1, -0.05) is 72.9 Å². The first-order valence-electron chi connectivity index (χ1n) is 9.21. The molecule has 15 radical (unpaired) electrons. The Labute approximate surface area is 205 Å². The molecule has 6 aliphatic carbocycles. The van der Waals surface area contributed by atoms with Gasteiger partial charge in [-0.05, 0) is 57.8 Å². The van der Waals surface area contributed by atoms with Crippen molar-refractivity contribution < 1.29 is 40.4 Å².